The average molecular weight is 539 g/mol. The van der Waals surface area contributed by atoms with Crippen molar-refractivity contribution < 1.29 is 19.1 Å². The van der Waals surface area contributed by atoms with Crippen LogP contribution in [0.15, 0.2) is 42.5 Å². The van der Waals surface area contributed by atoms with Gasteiger partial charge in [-0.1, -0.05) is 56.3 Å². The van der Waals surface area contributed by atoms with E-state index < -0.39 is 17.7 Å². The van der Waals surface area contributed by atoms with E-state index in [9.17, 15) is 14.4 Å². The summed E-state index contributed by atoms with van der Waals surface area (Å²) in [6.07, 6.45) is 3.57. The van der Waals surface area contributed by atoms with E-state index in [0.29, 0.717) is 31.8 Å². The summed E-state index contributed by atoms with van der Waals surface area (Å²) in [5.74, 6) is -0.0812. The monoisotopic (exact) mass is 538 g/mol. The van der Waals surface area contributed by atoms with Gasteiger partial charge < -0.3 is 25.6 Å². The lowest BCUT2D eigenvalue weighted by Gasteiger charge is -2.32. The number of ether oxygens (including phenoxy) is 1. The maximum atomic E-state index is 13.5. The van der Waals surface area contributed by atoms with Gasteiger partial charge in [-0.3, -0.25) is 14.4 Å². The molecule has 0 aliphatic carbocycles. The Kier molecular flexibility index (Phi) is 11.3. The molecule has 0 radical (unpaired) electrons. The molecule has 2 aromatic carbocycles. The van der Waals surface area contributed by atoms with Gasteiger partial charge in [0.1, 0.15) is 17.7 Å². The van der Waals surface area contributed by atoms with E-state index in [1.54, 1.807) is 18.7 Å². The number of amides is 3. The second kappa shape index (κ2) is 14.4. The van der Waals surface area contributed by atoms with Gasteiger partial charge in [0, 0.05) is 26.6 Å². The number of methoxy groups -OCH3 is 1. The summed E-state index contributed by atoms with van der Waals surface area (Å²) in [6, 6.07) is 12.8. The van der Waals surface area contributed by atoms with Crippen LogP contribution in [0.3, 0.4) is 0 Å². The summed E-state index contributed by atoms with van der Waals surface area (Å²) in [7, 11) is 1.49. The van der Waals surface area contributed by atoms with Crippen LogP contribution in [0, 0.1) is 5.92 Å². The third-order valence-corrected chi connectivity index (χ3v) is 7.46. The summed E-state index contributed by atoms with van der Waals surface area (Å²) in [5.41, 5.74) is -0.0575. The molecular formula is C31H46N4O4. The zero-order valence-corrected chi connectivity index (χ0v) is 24.2. The Hall–Kier alpha value is -2.97. The molecule has 0 saturated carbocycles. The quantitative estimate of drug-likeness (QED) is 0.320. The fraction of sp³-hybridized carbons (Fsp3) is 0.581. The van der Waals surface area contributed by atoms with Gasteiger partial charge in [-0.2, -0.15) is 0 Å². The van der Waals surface area contributed by atoms with Crippen molar-refractivity contribution >= 4 is 28.5 Å². The molecule has 1 unspecified atom stereocenters. The molecule has 1 fully saturated rings. The van der Waals surface area contributed by atoms with E-state index in [1.165, 1.54) is 7.11 Å². The van der Waals surface area contributed by atoms with Crippen molar-refractivity contribution in [2.24, 2.45) is 5.92 Å². The summed E-state index contributed by atoms with van der Waals surface area (Å²) >= 11 is 0. The van der Waals surface area contributed by atoms with Crippen LogP contribution in [0.1, 0.15) is 58.9 Å². The highest BCUT2D eigenvalue weighted by molar-refractivity contribution is 5.94. The fourth-order valence-electron chi connectivity index (χ4n) is 4.86. The predicted octanol–water partition coefficient (Wildman–Crippen LogP) is 3.43. The molecule has 0 spiro atoms. The highest BCUT2D eigenvalue weighted by Crippen LogP contribution is 2.23. The van der Waals surface area contributed by atoms with Crippen molar-refractivity contribution in [1.29, 1.82) is 0 Å². The second-order valence-corrected chi connectivity index (χ2v) is 11.4. The number of hydrogen-bond donors (Lipinski definition) is 3. The second-order valence-electron chi connectivity index (χ2n) is 11.4. The Bertz CT molecular complexity index is 1120. The minimum atomic E-state index is -1.02. The van der Waals surface area contributed by atoms with E-state index in [1.807, 2.05) is 36.4 Å². The molecule has 2 atom stereocenters. The van der Waals surface area contributed by atoms with Gasteiger partial charge in [0.05, 0.1) is 0 Å². The molecule has 1 aliphatic heterocycles. The Balaban J connectivity index is 1.68. The van der Waals surface area contributed by atoms with Gasteiger partial charge >= 0.3 is 0 Å². The van der Waals surface area contributed by atoms with Crippen molar-refractivity contribution in [3.63, 3.8) is 0 Å². The highest BCUT2D eigenvalue weighted by Gasteiger charge is 2.41. The van der Waals surface area contributed by atoms with Crippen molar-refractivity contribution in [2.45, 2.75) is 77.5 Å². The van der Waals surface area contributed by atoms with Crippen LogP contribution < -0.4 is 16.0 Å². The van der Waals surface area contributed by atoms with Crippen LogP contribution >= 0.6 is 0 Å². The zero-order chi connectivity index (χ0) is 28.4. The number of fused-ring (bicyclic) bond motifs is 1. The summed E-state index contributed by atoms with van der Waals surface area (Å²) in [6.45, 7) is 10.6. The van der Waals surface area contributed by atoms with E-state index >= 15 is 0 Å². The van der Waals surface area contributed by atoms with Gasteiger partial charge in [0.2, 0.25) is 11.8 Å². The lowest BCUT2D eigenvalue weighted by atomic mass is 10.0. The molecule has 39 heavy (non-hydrogen) atoms. The largest absolute Gasteiger partial charge is 0.369 e. The SMILES string of the molecule is COC(C)(C)C(=O)N1CCCC1C(=O)N[C@H](Cc1ccc2ccccc2c1)C(=O)NCCCNCCC(C)C. The zero-order valence-electron chi connectivity index (χ0n) is 24.2. The number of benzene rings is 2. The van der Waals surface area contributed by atoms with E-state index in [-0.39, 0.29) is 17.7 Å². The van der Waals surface area contributed by atoms with Gasteiger partial charge in [-0.15, -0.1) is 0 Å². The smallest absolute Gasteiger partial charge is 0.254 e. The summed E-state index contributed by atoms with van der Waals surface area (Å²) in [5, 5.41) is 11.6. The molecular weight excluding hydrogens is 492 g/mol. The molecule has 0 bridgehead atoms. The Morgan fingerprint density at radius 2 is 1.79 bits per heavy atom. The maximum absolute atomic E-state index is 13.5. The number of nitrogens with zero attached hydrogens (tertiary/aromatic N) is 1. The van der Waals surface area contributed by atoms with Gasteiger partial charge in [0.25, 0.3) is 5.91 Å². The first-order valence-electron chi connectivity index (χ1n) is 14.2. The number of nitrogens with one attached hydrogen (secondary N) is 3. The summed E-state index contributed by atoms with van der Waals surface area (Å²) < 4.78 is 5.37. The first-order chi connectivity index (χ1) is 18.6. The van der Waals surface area contributed by atoms with Crippen molar-refractivity contribution in [1.82, 2.24) is 20.9 Å². The minimum absolute atomic E-state index is 0.216. The van der Waals surface area contributed by atoms with Gasteiger partial charge in [0.15, 0.2) is 0 Å². The topological polar surface area (TPSA) is 99.8 Å². The molecule has 8 heteroatoms. The van der Waals surface area contributed by atoms with Crippen LogP contribution in [-0.4, -0.2) is 73.6 Å². The third kappa shape index (κ3) is 8.77. The van der Waals surface area contributed by atoms with Crippen molar-refractivity contribution in [3.8, 4) is 0 Å². The molecule has 1 aliphatic rings. The molecule has 8 nitrogen and oxygen atoms in total. The number of likely N-dealkylation sites (tertiary alicyclic amines) is 1. The van der Waals surface area contributed by atoms with E-state index in [2.05, 4.69) is 35.9 Å². The Morgan fingerprint density at radius 1 is 1.05 bits per heavy atom. The van der Waals surface area contributed by atoms with Crippen LogP contribution in [0.25, 0.3) is 10.8 Å². The molecule has 2 aromatic rings. The summed E-state index contributed by atoms with van der Waals surface area (Å²) in [4.78, 5) is 41.4. The minimum Gasteiger partial charge on any atom is -0.369 e. The highest BCUT2D eigenvalue weighted by atomic mass is 16.5. The number of carbonyl (C=O) groups is 3. The molecule has 3 amide bonds. The molecule has 3 N–H and O–H groups in total. The van der Waals surface area contributed by atoms with Crippen LogP contribution in [0.4, 0.5) is 0 Å². The average Bonchev–Trinajstić information content (AvgIpc) is 3.41. The van der Waals surface area contributed by atoms with Crippen LogP contribution in [0.5, 0.6) is 0 Å². The normalized spacial score (nSPS) is 16.5. The molecule has 3 rings (SSSR count). The number of carbonyl (C=O) groups excluding carboxylic acids is 3. The molecule has 1 heterocycles. The van der Waals surface area contributed by atoms with Crippen LogP contribution in [0.2, 0.25) is 0 Å². The maximum Gasteiger partial charge on any atom is 0.254 e. The van der Waals surface area contributed by atoms with E-state index in [0.717, 1.165) is 48.7 Å². The lowest BCUT2D eigenvalue weighted by Crippen LogP contribution is -2.56. The van der Waals surface area contributed by atoms with Crippen molar-refractivity contribution in [2.75, 3.05) is 33.3 Å². The number of hydrogen-bond acceptors (Lipinski definition) is 5. The third-order valence-electron chi connectivity index (χ3n) is 7.46. The Labute approximate surface area is 233 Å². The van der Waals surface area contributed by atoms with Crippen LogP contribution in [-0.2, 0) is 25.5 Å². The lowest BCUT2D eigenvalue weighted by molar-refractivity contribution is -0.154. The predicted molar refractivity (Wildman–Crippen MR) is 155 cm³/mol. The number of rotatable bonds is 14. The Morgan fingerprint density at radius 3 is 2.51 bits per heavy atom. The van der Waals surface area contributed by atoms with E-state index in [4.69, 9.17) is 4.74 Å². The van der Waals surface area contributed by atoms with Gasteiger partial charge in [-0.05, 0) is 74.9 Å². The van der Waals surface area contributed by atoms with Crippen molar-refractivity contribution in [3.05, 3.63) is 48.0 Å². The molecule has 0 aromatic heterocycles. The standard InChI is InChI=1S/C31H46N4O4/c1-22(2)15-18-32-16-9-17-33-28(36)26(21-23-13-14-24-10-6-7-11-25(24)20-23)34-29(37)27-12-8-19-35(27)30(38)31(3,4)39-5/h6-7,10-11,13-14,20,22,26-27,32H,8-9,12,15-19,21H2,1-5H3,(H,33,36)(H,34,37)/t26-,27?/m1/s1. The first-order valence-corrected chi connectivity index (χ1v) is 14.2. The first kappa shape index (κ1) is 30.6. The molecule has 1 saturated heterocycles. The van der Waals surface area contributed by atoms with Gasteiger partial charge in [-0.25, -0.2) is 0 Å². The molecule has 214 valence electrons. The fourth-order valence-corrected chi connectivity index (χ4v) is 4.86.